The minimum absolute atomic E-state index is 0.231. The molecule has 46 valence electrons. The monoisotopic (exact) mass is 112 g/mol. The Morgan fingerprint density at radius 1 is 1.75 bits per heavy atom. The van der Waals surface area contributed by atoms with Gasteiger partial charge >= 0.3 is 0 Å². The molecular formula is C6H12N2. The SMILES string of the molecule is CC[C@@H](N)CCC#N. The van der Waals surface area contributed by atoms with Crippen LogP contribution in [0.1, 0.15) is 26.2 Å². The normalized spacial score (nSPS) is 12.6. The van der Waals surface area contributed by atoms with E-state index in [0.717, 1.165) is 12.8 Å². The molecule has 8 heavy (non-hydrogen) atoms. The predicted molar refractivity (Wildman–Crippen MR) is 33.1 cm³/mol. The van der Waals surface area contributed by atoms with Crippen molar-refractivity contribution in [2.75, 3.05) is 0 Å². The highest BCUT2D eigenvalue weighted by atomic mass is 14.6. The van der Waals surface area contributed by atoms with Crippen LogP contribution in [0, 0.1) is 11.3 Å². The number of nitrogens with two attached hydrogens (primary N) is 1. The Hall–Kier alpha value is -0.550. The van der Waals surface area contributed by atoms with E-state index in [1.165, 1.54) is 0 Å². The highest BCUT2D eigenvalue weighted by Gasteiger charge is 1.95. The Kier molecular flexibility index (Phi) is 4.29. The van der Waals surface area contributed by atoms with Gasteiger partial charge in [-0.15, -0.1) is 0 Å². The van der Waals surface area contributed by atoms with Gasteiger partial charge in [0.1, 0.15) is 0 Å². The first-order valence-corrected chi connectivity index (χ1v) is 2.93. The Morgan fingerprint density at radius 3 is 2.75 bits per heavy atom. The van der Waals surface area contributed by atoms with E-state index in [0.29, 0.717) is 6.42 Å². The highest BCUT2D eigenvalue weighted by Crippen LogP contribution is 1.95. The van der Waals surface area contributed by atoms with Crippen LogP contribution in [0.5, 0.6) is 0 Å². The van der Waals surface area contributed by atoms with Crippen LogP contribution in [0.25, 0.3) is 0 Å². The molecule has 1 atom stereocenters. The van der Waals surface area contributed by atoms with Gasteiger partial charge in [-0.3, -0.25) is 0 Å². The Labute approximate surface area is 50.3 Å². The number of nitriles is 1. The van der Waals surface area contributed by atoms with E-state index in [1.807, 2.05) is 6.92 Å². The molecule has 0 bridgehead atoms. The maximum Gasteiger partial charge on any atom is 0.0622 e. The summed E-state index contributed by atoms with van der Waals surface area (Å²) in [5.74, 6) is 0. The molecule has 0 saturated carbocycles. The molecule has 0 saturated heterocycles. The van der Waals surface area contributed by atoms with Crippen LogP contribution in [0.3, 0.4) is 0 Å². The zero-order valence-electron chi connectivity index (χ0n) is 5.22. The van der Waals surface area contributed by atoms with Crippen molar-refractivity contribution in [3.05, 3.63) is 0 Å². The van der Waals surface area contributed by atoms with Gasteiger partial charge in [0, 0.05) is 12.5 Å². The first kappa shape index (κ1) is 7.45. The predicted octanol–water partition coefficient (Wildman–Crippen LogP) is 1.03. The number of rotatable bonds is 3. The molecule has 0 amide bonds. The summed E-state index contributed by atoms with van der Waals surface area (Å²) in [5, 5.41) is 8.11. The number of nitrogens with zero attached hydrogens (tertiary/aromatic N) is 1. The average Bonchev–Trinajstić information content (AvgIpc) is 1.83. The molecule has 2 N–H and O–H groups in total. The molecule has 2 nitrogen and oxygen atoms in total. The summed E-state index contributed by atoms with van der Waals surface area (Å²) in [6.45, 7) is 2.03. The fourth-order valence-electron chi connectivity index (χ4n) is 0.454. The lowest BCUT2D eigenvalue weighted by atomic mass is 10.1. The van der Waals surface area contributed by atoms with Crippen LogP contribution in [0.4, 0.5) is 0 Å². The summed E-state index contributed by atoms with van der Waals surface area (Å²) in [5.41, 5.74) is 5.51. The standard InChI is InChI=1S/C6H12N2/c1-2-6(8)4-3-5-7/h6H,2-4,8H2,1H3/t6-/m1/s1. The lowest BCUT2D eigenvalue weighted by Crippen LogP contribution is -2.17. The second-order valence-electron chi connectivity index (χ2n) is 1.87. The van der Waals surface area contributed by atoms with Gasteiger partial charge in [0.15, 0.2) is 0 Å². The van der Waals surface area contributed by atoms with E-state index < -0.39 is 0 Å². The lowest BCUT2D eigenvalue weighted by molar-refractivity contribution is 0.605. The Morgan fingerprint density at radius 2 is 2.38 bits per heavy atom. The molecule has 0 fully saturated rings. The quantitative estimate of drug-likeness (QED) is 0.592. The van der Waals surface area contributed by atoms with E-state index in [4.69, 9.17) is 11.0 Å². The van der Waals surface area contributed by atoms with Crippen molar-refractivity contribution in [2.45, 2.75) is 32.2 Å². The fourth-order valence-corrected chi connectivity index (χ4v) is 0.454. The van der Waals surface area contributed by atoms with Crippen molar-refractivity contribution in [2.24, 2.45) is 5.73 Å². The van der Waals surface area contributed by atoms with Gasteiger partial charge < -0.3 is 5.73 Å². The van der Waals surface area contributed by atoms with E-state index in [-0.39, 0.29) is 6.04 Å². The summed E-state index contributed by atoms with van der Waals surface area (Å²) >= 11 is 0. The largest absolute Gasteiger partial charge is 0.328 e. The van der Waals surface area contributed by atoms with Crippen molar-refractivity contribution in [1.82, 2.24) is 0 Å². The first-order valence-electron chi connectivity index (χ1n) is 2.93. The molecule has 0 radical (unpaired) electrons. The molecule has 0 aliphatic heterocycles. The molecule has 2 heteroatoms. The average molecular weight is 112 g/mol. The highest BCUT2D eigenvalue weighted by molar-refractivity contribution is 4.72. The summed E-state index contributed by atoms with van der Waals surface area (Å²) in [6.07, 6.45) is 2.41. The molecule has 0 aromatic heterocycles. The molecule has 0 rings (SSSR count). The molecule has 0 heterocycles. The van der Waals surface area contributed by atoms with Crippen LogP contribution in [-0.4, -0.2) is 6.04 Å². The molecule has 0 unspecified atom stereocenters. The van der Waals surface area contributed by atoms with Crippen LogP contribution in [0.2, 0.25) is 0 Å². The smallest absolute Gasteiger partial charge is 0.0622 e. The Bertz CT molecular complexity index is 83.0. The van der Waals surface area contributed by atoms with Gasteiger partial charge in [0.05, 0.1) is 6.07 Å². The summed E-state index contributed by atoms with van der Waals surface area (Å²) in [6, 6.07) is 2.28. The van der Waals surface area contributed by atoms with Crippen molar-refractivity contribution in [1.29, 1.82) is 5.26 Å². The minimum Gasteiger partial charge on any atom is -0.328 e. The lowest BCUT2D eigenvalue weighted by Gasteiger charge is -2.02. The third kappa shape index (κ3) is 3.63. The summed E-state index contributed by atoms with van der Waals surface area (Å²) in [4.78, 5) is 0. The third-order valence-corrected chi connectivity index (χ3v) is 1.15. The summed E-state index contributed by atoms with van der Waals surface area (Å²) in [7, 11) is 0. The molecule has 0 aromatic carbocycles. The molecular weight excluding hydrogens is 100 g/mol. The molecule has 0 aromatic rings. The van der Waals surface area contributed by atoms with E-state index >= 15 is 0 Å². The van der Waals surface area contributed by atoms with Gasteiger partial charge in [-0.25, -0.2) is 0 Å². The number of hydrogen-bond acceptors (Lipinski definition) is 2. The van der Waals surface area contributed by atoms with E-state index in [1.54, 1.807) is 0 Å². The zero-order chi connectivity index (χ0) is 6.41. The van der Waals surface area contributed by atoms with E-state index in [9.17, 15) is 0 Å². The third-order valence-electron chi connectivity index (χ3n) is 1.15. The van der Waals surface area contributed by atoms with E-state index in [2.05, 4.69) is 6.07 Å². The van der Waals surface area contributed by atoms with Crippen molar-refractivity contribution in [3.8, 4) is 6.07 Å². The van der Waals surface area contributed by atoms with Gasteiger partial charge in [-0.05, 0) is 12.8 Å². The van der Waals surface area contributed by atoms with Crippen molar-refractivity contribution < 1.29 is 0 Å². The fraction of sp³-hybridized carbons (Fsp3) is 0.833. The van der Waals surface area contributed by atoms with Gasteiger partial charge in [0.25, 0.3) is 0 Å². The Balaban J connectivity index is 3.01. The van der Waals surface area contributed by atoms with Crippen LogP contribution in [0.15, 0.2) is 0 Å². The topological polar surface area (TPSA) is 49.8 Å². The first-order chi connectivity index (χ1) is 3.81. The minimum atomic E-state index is 0.231. The van der Waals surface area contributed by atoms with Crippen molar-refractivity contribution >= 4 is 0 Å². The maximum absolute atomic E-state index is 8.11. The second kappa shape index (κ2) is 4.61. The number of hydrogen-bond donors (Lipinski definition) is 1. The molecule has 0 aliphatic rings. The second-order valence-corrected chi connectivity index (χ2v) is 1.87. The summed E-state index contributed by atoms with van der Waals surface area (Å²) < 4.78 is 0. The van der Waals surface area contributed by atoms with Gasteiger partial charge in [0.2, 0.25) is 0 Å². The maximum atomic E-state index is 8.11. The zero-order valence-corrected chi connectivity index (χ0v) is 5.22. The van der Waals surface area contributed by atoms with Crippen LogP contribution in [-0.2, 0) is 0 Å². The van der Waals surface area contributed by atoms with Crippen LogP contribution >= 0.6 is 0 Å². The molecule has 0 spiro atoms. The van der Waals surface area contributed by atoms with Gasteiger partial charge in [-0.2, -0.15) is 5.26 Å². The molecule has 0 aliphatic carbocycles. The van der Waals surface area contributed by atoms with Crippen molar-refractivity contribution in [3.63, 3.8) is 0 Å². The van der Waals surface area contributed by atoms with Crippen LogP contribution < -0.4 is 5.73 Å². The van der Waals surface area contributed by atoms with Gasteiger partial charge in [-0.1, -0.05) is 6.92 Å².